The lowest BCUT2D eigenvalue weighted by Gasteiger charge is -2.35. The van der Waals surface area contributed by atoms with Crippen LogP contribution in [0.3, 0.4) is 0 Å². The molecular formula is C27H22ClF2NO3. The number of benzene rings is 3. The van der Waals surface area contributed by atoms with E-state index < -0.39 is 23.5 Å². The Bertz CT molecular complexity index is 1260. The van der Waals surface area contributed by atoms with Crippen LogP contribution in [-0.4, -0.2) is 16.8 Å². The molecule has 174 valence electrons. The number of allylic oxidation sites excluding steroid dienone is 1. The number of rotatable bonds is 6. The van der Waals surface area contributed by atoms with Crippen LogP contribution in [-0.2, 0) is 27.5 Å². The molecule has 1 heterocycles. The van der Waals surface area contributed by atoms with Crippen molar-refractivity contribution in [1.82, 2.24) is 4.90 Å². The lowest BCUT2D eigenvalue weighted by atomic mass is 9.83. The summed E-state index contributed by atoms with van der Waals surface area (Å²) >= 11 is 6.41. The highest BCUT2D eigenvalue weighted by atomic mass is 35.5. The highest BCUT2D eigenvalue weighted by molar-refractivity contribution is 6.31. The molecule has 0 N–H and O–H groups in total. The molecule has 0 saturated heterocycles. The van der Waals surface area contributed by atoms with Gasteiger partial charge in [-0.05, 0) is 30.2 Å². The standard InChI is InChI=1S/C27H22ClF2NO3/c1-17-25(27(33)34-16-18-8-3-2-4-9-18)21(20-11-5-6-12-22(20)28)14-24(32)31(17)15-19-10-7-13-23(29)26(19)30/h2-13,21H,14-16H2,1H3. The van der Waals surface area contributed by atoms with Crippen molar-refractivity contribution < 1.29 is 23.1 Å². The molecule has 1 unspecified atom stereocenters. The lowest BCUT2D eigenvalue weighted by molar-refractivity contribution is -0.141. The number of hydrogen-bond acceptors (Lipinski definition) is 3. The van der Waals surface area contributed by atoms with Crippen molar-refractivity contribution in [3.05, 3.63) is 117 Å². The number of amides is 1. The second-order valence-corrected chi connectivity index (χ2v) is 8.44. The van der Waals surface area contributed by atoms with Crippen LogP contribution in [0.25, 0.3) is 0 Å². The van der Waals surface area contributed by atoms with Gasteiger partial charge in [0, 0.05) is 28.6 Å². The Hall–Kier alpha value is -3.51. The average molecular weight is 482 g/mol. The van der Waals surface area contributed by atoms with Crippen LogP contribution in [0.1, 0.15) is 36.0 Å². The van der Waals surface area contributed by atoms with Gasteiger partial charge in [-0.3, -0.25) is 4.79 Å². The van der Waals surface area contributed by atoms with E-state index in [1.807, 2.05) is 30.3 Å². The molecular weight excluding hydrogens is 460 g/mol. The van der Waals surface area contributed by atoms with E-state index in [-0.39, 0.29) is 36.6 Å². The van der Waals surface area contributed by atoms with Crippen LogP contribution in [0.2, 0.25) is 5.02 Å². The number of carbonyl (C=O) groups excluding carboxylic acids is 2. The summed E-state index contributed by atoms with van der Waals surface area (Å²) in [5.74, 6) is -3.57. The van der Waals surface area contributed by atoms with Gasteiger partial charge in [-0.1, -0.05) is 72.3 Å². The molecule has 1 amide bonds. The van der Waals surface area contributed by atoms with E-state index in [0.29, 0.717) is 16.3 Å². The summed E-state index contributed by atoms with van der Waals surface area (Å²) < 4.78 is 33.7. The van der Waals surface area contributed by atoms with E-state index in [9.17, 15) is 18.4 Å². The fraction of sp³-hybridized carbons (Fsp3) is 0.185. The maximum atomic E-state index is 14.3. The molecule has 1 aliphatic heterocycles. The van der Waals surface area contributed by atoms with Gasteiger partial charge in [-0.2, -0.15) is 0 Å². The van der Waals surface area contributed by atoms with Crippen LogP contribution < -0.4 is 0 Å². The van der Waals surface area contributed by atoms with Crippen LogP contribution in [0.15, 0.2) is 84.1 Å². The molecule has 0 fully saturated rings. The number of hydrogen-bond donors (Lipinski definition) is 0. The lowest BCUT2D eigenvalue weighted by Crippen LogP contribution is -2.38. The third-order valence-electron chi connectivity index (χ3n) is 5.90. The summed E-state index contributed by atoms with van der Waals surface area (Å²) in [6.07, 6.45) is -0.0617. The SMILES string of the molecule is CC1=C(C(=O)OCc2ccccc2)C(c2ccccc2Cl)CC(=O)N1Cc1cccc(F)c1F. The van der Waals surface area contributed by atoms with Crippen molar-refractivity contribution in [3.8, 4) is 0 Å². The first-order valence-electron chi connectivity index (χ1n) is 10.8. The smallest absolute Gasteiger partial charge is 0.336 e. The fourth-order valence-corrected chi connectivity index (χ4v) is 4.40. The van der Waals surface area contributed by atoms with Crippen LogP contribution in [0.4, 0.5) is 8.78 Å². The third-order valence-corrected chi connectivity index (χ3v) is 6.24. The molecule has 1 atom stereocenters. The zero-order valence-corrected chi connectivity index (χ0v) is 19.2. The van der Waals surface area contributed by atoms with E-state index in [1.165, 1.54) is 17.0 Å². The molecule has 3 aromatic carbocycles. The first-order valence-corrected chi connectivity index (χ1v) is 11.1. The molecule has 4 rings (SSSR count). The Labute approximate surface area is 201 Å². The van der Waals surface area contributed by atoms with Crippen molar-refractivity contribution >= 4 is 23.5 Å². The van der Waals surface area contributed by atoms with Gasteiger partial charge >= 0.3 is 5.97 Å². The zero-order chi connectivity index (χ0) is 24.2. The maximum Gasteiger partial charge on any atom is 0.336 e. The van der Waals surface area contributed by atoms with Gasteiger partial charge in [0.25, 0.3) is 0 Å². The molecule has 34 heavy (non-hydrogen) atoms. The van der Waals surface area contributed by atoms with Crippen molar-refractivity contribution in [1.29, 1.82) is 0 Å². The summed E-state index contributed by atoms with van der Waals surface area (Å²) in [6, 6.07) is 20.0. The van der Waals surface area contributed by atoms with E-state index in [2.05, 4.69) is 0 Å². The summed E-state index contributed by atoms with van der Waals surface area (Å²) in [7, 11) is 0. The monoisotopic (exact) mass is 481 g/mol. The number of halogens is 3. The zero-order valence-electron chi connectivity index (χ0n) is 18.4. The number of ether oxygens (including phenoxy) is 1. The van der Waals surface area contributed by atoms with Crippen molar-refractivity contribution in [2.75, 3.05) is 0 Å². The highest BCUT2D eigenvalue weighted by Crippen LogP contribution is 2.40. The van der Waals surface area contributed by atoms with Crippen molar-refractivity contribution in [3.63, 3.8) is 0 Å². The van der Waals surface area contributed by atoms with Crippen LogP contribution >= 0.6 is 11.6 Å². The third kappa shape index (κ3) is 4.87. The Morgan fingerprint density at radius 2 is 1.74 bits per heavy atom. The van der Waals surface area contributed by atoms with Gasteiger partial charge in [0.2, 0.25) is 5.91 Å². The number of nitrogens with zero attached hydrogens (tertiary/aromatic N) is 1. The molecule has 0 aliphatic carbocycles. The molecule has 0 radical (unpaired) electrons. The van der Waals surface area contributed by atoms with Crippen molar-refractivity contribution in [2.45, 2.75) is 32.4 Å². The highest BCUT2D eigenvalue weighted by Gasteiger charge is 2.38. The van der Waals surface area contributed by atoms with Crippen LogP contribution in [0.5, 0.6) is 0 Å². The molecule has 0 aromatic heterocycles. The number of esters is 1. The Morgan fingerprint density at radius 3 is 2.47 bits per heavy atom. The van der Waals surface area contributed by atoms with E-state index >= 15 is 0 Å². The van der Waals surface area contributed by atoms with Gasteiger partial charge in [-0.25, -0.2) is 13.6 Å². The minimum absolute atomic E-state index is 0.0147. The van der Waals surface area contributed by atoms with Gasteiger partial charge in [0.1, 0.15) is 6.61 Å². The quantitative estimate of drug-likeness (QED) is 0.397. The molecule has 1 aliphatic rings. The Morgan fingerprint density at radius 1 is 1.03 bits per heavy atom. The molecule has 4 nitrogen and oxygen atoms in total. The molecule has 7 heteroatoms. The Balaban J connectivity index is 1.72. The van der Waals surface area contributed by atoms with Crippen LogP contribution in [0, 0.1) is 11.6 Å². The summed E-state index contributed by atoms with van der Waals surface area (Å²) in [5.41, 5.74) is 2.04. The largest absolute Gasteiger partial charge is 0.457 e. The summed E-state index contributed by atoms with van der Waals surface area (Å²) in [6.45, 7) is 1.45. The van der Waals surface area contributed by atoms with Crippen molar-refractivity contribution in [2.24, 2.45) is 0 Å². The minimum atomic E-state index is -1.02. The van der Waals surface area contributed by atoms with Gasteiger partial charge in [0.15, 0.2) is 11.6 Å². The average Bonchev–Trinajstić information content (AvgIpc) is 2.83. The second-order valence-electron chi connectivity index (χ2n) is 8.03. The predicted molar refractivity (Wildman–Crippen MR) is 125 cm³/mol. The van der Waals surface area contributed by atoms with Gasteiger partial charge in [-0.15, -0.1) is 0 Å². The molecule has 0 saturated carbocycles. The first-order chi connectivity index (χ1) is 16.4. The van der Waals surface area contributed by atoms with E-state index in [4.69, 9.17) is 16.3 Å². The Kier molecular flexibility index (Phi) is 7.08. The predicted octanol–water partition coefficient (Wildman–Crippen LogP) is 6.15. The van der Waals surface area contributed by atoms with E-state index in [0.717, 1.165) is 11.6 Å². The minimum Gasteiger partial charge on any atom is -0.457 e. The number of carbonyl (C=O) groups is 2. The topological polar surface area (TPSA) is 46.6 Å². The van der Waals surface area contributed by atoms with Gasteiger partial charge < -0.3 is 9.64 Å². The first kappa shape index (κ1) is 23.6. The molecule has 3 aromatic rings. The van der Waals surface area contributed by atoms with Gasteiger partial charge in [0.05, 0.1) is 12.1 Å². The summed E-state index contributed by atoms with van der Waals surface area (Å²) in [5, 5.41) is 0.422. The molecule has 0 spiro atoms. The maximum absolute atomic E-state index is 14.3. The fourth-order valence-electron chi connectivity index (χ4n) is 4.13. The molecule has 0 bridgehead atoms. The van der Waals surface area contributed by atoms with E-state index in [1.54, 1.807) is 31.2 Å². The second kappa shape index (κ2) is 10.2. The summed E-state index contributed by atoms with van der Waals surface area (Å²) in [4.78, 5) is 27.7. The normalized spacial score (nSPS) is 16.1.